The number of Topliss-reactive ketones (excluding diaryl/α,β-unsaturated/α-hetero) is 1. The van der Waals surface area contributed by atoms with Crippen LogP contribution in [0.1, 0.15) is 22.3 Å². The second kappa shape index (κ2) is 15.4. The number of alkyl halides is 1. The smallest absolute Gasteiger partial charge is 0.201 e. The molecule has 0 spiro atoms. The van der Waals surface area contributed by atoms with Gasteiger partial charge >= 0.3 is 0 Å². The van der Waals surface area contributed by atoms with E-state index in [2.05, 4.69) is 0 Å². The molecule has 0 aliphatic carbocycles. The Morgan fingerprint density at radius 2 is 1.14 bits per heavy atom. The van der Waals surface area contributed by atoms with E-state index in [4.69, 9.17) is 37.9 Å². The largest absolute Gasteiger partial charge is 0.374 e. The summed E-state index contributed by atoms with van der Waals surface area (Å²) in [5, 5.41) is 0. The summed E-state index contributed by atoms with van der Waals surface area (Å²) in [7, 11) is 0. The van der Waals surface area contributed by atoms with Crippen LogP contribution in [0.4, 0.5) is 4.39 Å². The Hall–Kier alpha value is -3.84. The first-order chi connectivity index (χ1) is 25.1. The van der Waals surface area contributed by atoms with Crippen LogP contribution in [0.25, 0.3) is 0 Å². The molecule has 10 heteroatoms. The van der Waals surface area contributed by atoms with E-state index >= 15 is 4.39 Å². The standard InChI is InChI=1S/C41H41FO9/c42-37(41-38(43)32-26-48-40(50-32)39(41)51-41)36-35(47-24-30-19-11-4-12-20-30)34(46-23-29-17-9-3-10-18-29)33(45-22-28-15-7-2-8-16-28)31(49-36)25-44-21-27-13-5-1-6-14-27/h1-20,31-37,39-40H,21-26H2/t31-,32+,33-,34+,35-,36-,37-,39+,40-,41-/m1/s1. The minimum atomic E-state index is -1.93. The molecule has 4 saturated heterocycles. The molecule has 10 atom stereocenters. The number of rotatable bonds is 15. The molecule has 4 aromatic rings. The maximum Gasteiger partial charge on any atom is 0.201 e. The van der Waals surface area contributed by atoms with E-state index in [1.54, 1.807) is 0 Å². The summed E-state index contributed by atoms with van der Waals surface area (Å²) in [5.74, 6) is -0.486. The van der Waals surface area contributed by atoms with E-state index in [0.29, 0.717) is 6.61 Å². The molecule has 9 nitrogen and oxygen atoms in total. The molecule has 0 amide bonds. The van der Waals surface area contributed by atoms with Crippen LogP contribution < -0.4 is 0 Å². The van der Waals surface area contributed by atoms with Gasteiger partial charge in [0.2, 0.25) is 5.78 Å². The van der Waals surface area contributed by atoms with Gasteiger partial charge in [0.1, 0.15) is 42.7 Å². The predicted molar refractivity (Wildman–Crippen MR) is 182 cm³/mol. The van der Waals surface area contributed by atoms with Crippen LogP contribution in [0.2, 0.25) is 0 Å². The quantitative estimate of drug-likeness (QED) is 0.149. The van der Waals surface area contributed by atoms with Gasteiger partial charge < -0.3 is 37.9 Å². The van der Waals surface area contributed by atoms with Crippen molar-refractivity contribution in [2.45, 2.75) is 87.2 Å². The highest BCUT2D eigenvalue weighted by molar-refractivity contribution is 5.96. The van der Waals surface area contributed by atoms with Gasteiger partial charge in [-0.05, 0) is 22.3 Å². The molecule has 4 heterocycles. The third-order valence-electron chi connectivity index (χ3n) is 9.94. The first-order valence-electron chi connectivity index (χ1n) is 17.5. The molecule has 0 N–H and O–H groups in total. The molecule has 266 valence electrons. The topological polar surface area (TPSA) is 94.2 Å². The van der Waals surface area contributed by atoms with Gasteiger partial charge in [0, 0.05) is 0 Å². The van der Waals surface area contributed by atoms with Crippen molar-refractivity contribution in [3.63, 3.8) is 0 Å². The lowest BCUT2D eigenvalue weighted by atomic mass is 9.82. The van der Waals surface area contributed by atoms with Gasteiger partial charge in [-0.1, -0.05) is 121 Å². The lowest BCUT2D eigenvalue weighted by Crippen LogP contribution is -2.66. The maximum absolute atomic E-state index is 17.5. The molecule has 2 bridgehead atoms. The number of carbonyl (C=O) groups is 1. The van der Waals surface area contributed by atoms with Gasteiger partial charge in [0.05, 0.1) is 39.6 Å². The van der Waals surface area contributed by atoms with E-state index in [-0.39, 0.29) is 33.0 Å². The first-order valence-corrected chi connectivity index (χ1v) is 17.5. The number of benzene rings is 4. The van der Waals surface area contributed by atoms with Crippen LogP contribution in [0.5, 0.6) is 0 Å². The van der Waals surface area contributed by atoms with Gasteiger partial charge in [0.25, 0.3) is 0 Å². The van der Waals surface area contributed by atoms with Crippen LogP contribution in [0, 0.1) is 0 Å². The highest BCUT2D eigenvalue weighted by Gasteiger charge is 2.79. The van der Waals surface area contributed by atoms with E-state index in [1.807, 2.05) is 121 Å². The van der Waals surface area contributed by atoms with E-state index in [1.165, 1.54) is 0 Å². The molecule has 0 saturated carbocycles. The van der Waals surface area contributed by atoms with Crippen molar-refractivity contribution in [1.82, 2.24) is 0 Å². The molecule has 4 aliphatic heterocycles. The lowest BCUT2D eigenvalue weighted by molar-refractivity contribution is -0.285. The van der Waals surface area contributed by atoms with Crippen molar-refractivity contribution in [1.29, 1.82) is 0 Å². The third kappa shape index (κ3) is 7.28. The van der Waals surface area contributed by atoms with Gasteiger partial charge in [-0.2, -0.15) is 0 Å². The van der Waals surface area contributed by atoms with Crippen LogP contribution in [-0.2, 0) is 69.1 Å². The van der Waals surface area contributed by atoms with Crippen molar-refractivity contribution in [3.8, 4) is 0 Å². The van der Waals surface area contributed by atoms with Crippen LogP contribution in [-0.4, -0.2) is 79.8 Å². The Balaban J connectivity index is 1.14. The number of fused-ring (bicyclic) bond motifs is 4. The zero-order chi connectivity index (χ0) is 34.6. The van der Waals surface area contributed by atoms with E-state index in [9.17, 15) is 4.79 Å². The second-order valence-corrected chi connectivity index (χ2v) is 13.3. The molecule has 8 rings (SSSR count). The normalized spacial score (nSPS) is 31.6. The molecule has 0 radical (unpaired) electrons. The van der Waals surface area contributed by atoms with Crippen molar-refractivity contribution in [3.05, 3.63) is 144 Å². The molecular formula is C41H41FO9. The lowest BCUT2D eigenvalue weighted by Gasteiger charge is -2.47. The fraction of sp³-hybridized carbons (Fsp3) is 0.390. The summed E-state index contributed by atoms with van der Waals surface area (Å²) in [6.07, 6.45) is -9.22. The fourth-order valence-electron chi connectivity index (χ4n) is 7.27. The van der Waals surface area contributed by atoms with Crippen LogP contribution in [0.15, 0.2) is 121 Å². The number of ether oxygens (including phenoxy) is 8. The summed E-state index contributed by atoms with van der Waals surface area (Å²) in [4.78, 5) is 13.7. The Morgan fingerprint density at radius 1 is 0.647 bits per heavy atom. The average molecular weight is 697 g/mol. The van der Waals surface area contributed by atoms with Gasteiger partial charge in [-0.3, -0.25) is 4.79 Å². The number of ketones is 1. The minimum Gasteiger partial charge on any atom is -0.374 e. The number of carbonyl (C=O) groups excluding carboxylic acids is 1. The molecule has 4 aromatic carbocycles. The number of epoxide rings is 1. The first kappa shape index (κ1) is 34.3. The predicted octanol–water partition coefficient (Wildman–Crippen LogP) is 5.53. The Kier molecular flexibility index (Phi) is 10.4. The zero-order valence-corrected chi connectivity index (χ0v) is 28.0. The maximum atomic E-state index is 17.5. The molecule has 4 aliphatic rings. The Morgan fingerprint density at radius 3 is 1.69 bits per heavy atom. The zero-order valence-electron chi connectivity index (χ0n) is 28.0. The van der Waals surface area contributed by atoms with Gasteiger partial charge in [-0.25, -0.2) is 4.39 Å². The molecule has 0 aromatic heterocycles. The van der Waals surface area contributed by atoms with Crippen molar-refractivity contribution < 1.29 is 47.1 Å². The monoisotopic (exact) mass is 696 g/mol. The molecular weight excluding hydrogens is 655 g/mol. The number of hydrogen-bond acceptors (Lipinski definition) is 9. The van der Waals surface area contributed by atoms with E-state index in [0.717, 1.165) is 22.3 Å². The average Bonchev–Trinajstić information content (AvgIpc) is 3.80. The van der Waals surface area contributed by atoms with Gasteiger partial charge in [0.15, 0.2) is 18.1 Å². The van der Waals surface area contributed by atoms with Crippen molar-refractivity contribution >= 4 is 5.78 Å². The summed E-state index contributed by atoms with van der Waals surface area (Å²) in [5.41, 5.74) is 1.96. The summed E-state index contributed by atoms with van der Waals surface area (Å²) in [6, 6.07) is 38.9. The minimum absolute atomic E-state index is 0.0610. The Bertz CT molecular complexity index is 1710. The van der Waals surface area contributed by atoms with Gasteiger partial charge in [-0.15, -0.1) is 0 Å². The summed E-state index contributed by atoms with van der Waals surface area (Å²) >= 11 is 0. The van der Waals surface area contributed by atoms with Crippen LogP contribution >= 0.6 is 0 Å². The molecule has 0 unspecified atom stereocenters. The SMILES string of the molecule is O=C1[C@@H]2CO[C@H](O2)[C@@H]2O[C@]12[C@H](F)[C@@H]1O[C@H](COCc2ccccc2)[C@@H](OCc2ccccc2)[C@H](OCc2ccccc2)[C@H]1OCc1ccccc1. The highest BCUT2D eigenvalue weighted by atomic mass is 19.1. The number of hydrogen-bond donors (Lipinski definition) is 0. The van der Waals surface area contributed by atoms with Crippen molar-refractivity contribution in [2.24, 2.45) is 0 Å². The summed E-state index contributed by atoms with van der Waals surface area (Å²) < 4.78 is 67.7. The second-order valence-electron chi connectivity index (χ2n) is 13.3. The van der Waals surface area contributed by atoms with E-state index < -0.39 is 66.6 Å². The Labute approximate surface area is 296 Å². The van der Waals surface area contributed by atoms with Crippen LogP contribution in [0.3, 0.4) is 0 Å². The van der Waals surface area contributed by atoms with Crippen molar-refractivity contribution in [2.75, 3.05) is 13.2 Å². The third-order valence-corrected chi connectivity index (χ3v) is 9.94. The summed E-state index contributed by atoms with van der Waals surface area (Å²) in [6.45, 7) is 1.04. The fourth-order valence-corrected chi connectivity index (χ4v) is 7.27. The molecule has 51 heavy (non-hydrogen) atoms. The number of halogens is 1. The highest BCUT2D eigenvalue weighted by Crippen LogP contribution is 2.54. The molecule has 4 fully saturated rings.